The number of carbonyl (C=O) groups is 1. The lowest BCUT2D eigenvalue weighted by Gasteiger charge is -2.17. The maximum absolute atomic E-state index is 11.9. The number of aryl methyl sites for hydroxylation is 2. The van der Waals surface area contributed by atoms with Crippen molar-refractivity contribution in [2.24, 2.45) is 5.92 Å². The van der Waals surface area contributed by atoms with Crippen LogP contribution in [0.1, 0.15) is 42.4 Å². The van der Waals surface area contributed by atoms with E-state index in [9.17, 15) is 4.79 Å². The monoisotopic (exact) mass is 273 g/mol. The quantitative estimate of drug-likeness (QED) is 0.915. The topological polar surface area (TPSA) is 38.3 Å². The maximum atomic E-state index is 11.9. The molecular weight excluding hydrogens is 250 g/mol. The van der Waals surface area contributed by atoms with Gasteiger partial charge in [-0.05, 0) is 54.7 Å². The normalized spacial score (nSPS) is 21.5. The Bertz CT molecular complexity index is 478. The Balaban J connectivity index is 1.51. The molecule has 0 aromatic heterocycles. The van der Waals surface area contributed by atoms with Gasteiger partial charge in [0.05, 0.1) is 0 Å². The standard InChI is InChI=1S/C17H23NO2/c19-17(10-14-7-8-20-12-14)18-11-13-5-6-15-3-1-2-4-16(15)9-13/h5-6,9,14H,1-4,7-8,10-12H2,(H,18,19)/t14-/m0/s1. The van der Waals surface area contributed by atoms with Crippen LogP contribution in [0.15, 0.2) is 18.2 Å². The van der Waals surface area contributed by atoms with E-state index in [1.165, 1.54) is 42.4 Å². The molecule has 20 heavy (non-hydrogen) atoms. The van der Waals surface area contributed by atoms with Crippen LogP contribution >= 0.6 is 0 Å². The minimum Gasteiger partial charge on any atom is -0.381 e. The second kappa shape index (κ2) is 6.40. The second-order valence-electron chi connectivity index (χ2n) is 6.02. The highest BCUT2D eigenvalue weighted by Gasteiger charge is 2.18. The largest absolute Gasteiger partial charge is 0.381 e. The van der Waals surface area contributed by atoms with Gasteiger partial charge >= 0.3 is 0 Å². The van der Waals surface area contributed by atoms with E-state index in [2.05, 4.69) is 23.5 Å². The van der Waals surface area contributed by atoms with Crippen molar-refractivity contribution >= 4 is 5.91 Å². The van der Waals surface area contributed by atoms with Crippen molar-refractivity contribution in [3.05, 3.63) is 34.9 Å². The second-order valence-corrected chi connectivity index (χ2v) is 6.02. The molecule has 108 valence electrons. The van der Waals surface area contributed by atoms with Crippen molar-refractivity contribution in [3.8, 4) is 0 Å². The summed E-state index contributed by atoms with van der Waals surface area (Å²) in [4.78, 5) is 11.9. The number of rotatable bonds is 4. The van der Waals surface area contributed by atoms with E-state index in [1.54, 1.807) is 0 Å². The van der Waals surface area contributed by atoms with Gasteiger partial charge in [-0.25, -0.2) is 0 Å². The van der Waals surface area contributed by atoms with Crippen LogP contribution in [0.2, 0.25) is 0 Å². The number of benzene rings is 1. The van der Waals surface area contributed by atoms with E-state index in [4.69, 9.17) is 4.74 Å². The summed E-state index contributed by atoms with van der Waals surface area (Å²) in [6.45, 7) is 2.20. The number of amides is 1. The number of ether oxygens (including phenoxy) is 1. The summed E-state index contributed by atoms with van der Waals surface area (Å²) in [6, 6.07) is 6.66. The van der Waals surface area contributed by atoms with Gasteiger partial charge in [0, 0.05) is 26.2 Å². The van der Waals surface area contributed by atoms with Crippen LogP contribution in [0, 0.1) is 5.92 Å². The van der Waals surface area contributed by atoms with E-state index in [1.807, 2.05) is 0 Å². The molecule has 3 nitrogen and oxygen atoms in total. The van der Waals surface area contributed by atoms with Crippen LogP contribution in [0.4, 0.5) is 0 Å². The lowest BCUT2D eigenvalue weighted by molar-refractivity contribution is -0.122. The Labute approximate surface area is 120 Å². The number of carbonyl (C=O) groups excluding carboxylic acids is 1. The number of hydrogen-bond acceptors (Lipinski definition) is 2. The summed E-state index contributed by atoms with van der Waals surface area (Å²) in [7, 11) is 0. The van der Waals surface area contributed by atoms with Crippen molar-refractivity contribution < 1.29 is 9.53 Å². The Morgan fingerprint density at radius 2 is 2.10 bits per heavy atom. The molecule has 1 atom stereocenters. The van der Waals surface area contributed by atoms with Gasteiger partial charge in [-0.3, -0.25) is 4.79 Å². The summed E-state index contributed by atoms with van der Waals surface area (Å²) >= 11 is 0. The summed E-state index contributed by atoms with van der Waals surface area (Å²) in [6.07, 6.45) is 6.63. The van der Waals surface area contributed by atoms with Crippen molar-refractivity contribution in [1.29, 1.82) is 0 Å². The van der Waals surface area contributed by atoms with Gasteiger partial charge in [0.1, 0.15) is 0 Å². The first-order valence-electron chi connectivity index (χ1n) is 7.76. The Morgan fingerprint density at radius 3 is 2.90 bits per heavy atom. The number of nitrogens with one attached hydrogen (secondary N) is 1. The van der Waals surface area contributed by atoms with Crippen molar-refractivity contribution in [1.82, 2.24) is 5.32 Å². The van der Waals surface area contributed by atoms with Crippen LogP contribution in [0.25, 0.3) is 0 Å². The first kappa shape index (κ1) is 13.6. The van der Waals surface area contributed by atoms with Gasteiger partial charge < -0.3 is 10.1 Å². The zero-order chi connectivity index (χ0) is 13.8. The molecule has 1 aliphatic carbocycles. The molecule has 1 aliphatic heterocycles. The van der Waals surface area contributed by atoms with Crippen LogP contribution in [0.3, 0.4) is 0 Å². The minimum absolute atomic E-state index is 0.151. The average molecular weight is 273 g/mol. The molecule has 1 fully saturated rings. The van der Waals surface area contributed by atoms with Crippen molar-refractivity contribution in [3.63, 3.8) is 0 Å². The van der Waals surface area contributed by atoms with Crippen molar-refractivity contribution in [2.75, 3.05) is 13.2 Å². The molecule has 1 saturated heterocycles. The fraction of sp³-hybridized carbons (Fsp3) is 0.588. The Hall–Kier alpha value is -1.35. The Kier molecular flexibility index (Phi) is 4.36. The van der Waals surface area contributed by atoms with E-state index in [-0.39, 0.29) is 5.91 Å². The summed E-state index contributed by atoms with van der Waals surface area (Å²) < 4.78 is 5.30. The first-order chi connectivity index (χ1) is 9.81. The van der Waals surface area contributed by atoms with Crippen LogP contribution in [0.5, 0.6) is 0 Å². The smallest absolute Gasteiger partial charge is 0.220 e. The third-order valence-corrected chi connectivity index (χ3v) is 4.40. The molecule has 0 spiro atoms. The van der Waals surface area contributed by atoms with Crippen LogP contribution in [-0.2, 0) is 28.9 Å². The lowest BCUT2D eigenvalue weighted by Crippen LogP contribution is -2.25. The third-order valence-electron chi connectivity index (χ3n) is 4.40. The molecule has 1 N–H and O–H groups in total. The maximum Gasteiger partial charge on any atom is 0.220 e. The van der Waals surface area contributed by atoms with E-state index < -0.39 is 0 Å². The molecule has 1 heterocycles. The zero-order valence-corrected chi connectivity index (χ0v) is 12.0. The molecule has 3 heteroatoms. The fourth-order valence-electron chi connectivity index (χ4n) is 3.18. The summed E-state index contributed by atoms with van der Waals surface area (Å²) in [5.74, 6) is 0.566. The van der Waals surface area contributed by atoms with Crippen molar-refractivity contribution in [2.45, 2.75) is 45.1 Å². The van der Waals surface area contributed by atoms with Gasteiger partial charge in [-0.15, -0.1) is 0 Å². The summed E-state index contributed by atoms with van der Waals surface area (Å²) in [5, 5.41) is 3.04. The summed E-state index contributed by atoms with van der Waals surface area (Å²) in [5.41, 5.74) is 4.20. The molecule has 0 bridgehead atoms. The molecule has 0 unspecified atom stereocenters. The van der Waals surface area contributed by atoms with Gasteiger partial charge in [-0.1, -0.05) is 18.2 Å². The Morgan fingerprint density at radius 1 is 1.25 bits per heavy atom. The zero-order valence-electron chi connectivity index (χ0n) is 12.0. The van der Waals surface area contributed by atoms with Gasteiger partial charge in [0.15, 0.2) is 0 Å². The minimum atomic E-state index is 0.151. The lowest BCUT2D eigenvalue weighted by atomic mass is 9.90. The highest BCUT2D eigenvalue weighted by atomic mass is 16.5. The predicted octanol–water partition coefficient (Wildman–Crippen LogP) is 2.61. The van der Waals surface area contributed by atoms with Gasteiger partial charge in [-0.2, -0.15) is 0 Å². The highest BCUT2D eigenvalue weighted by Crippen LogP contribution is 2.22. The average Bonchev–Trinajstić information content (AvgIpc) is 2.98. The SMILES string of the molecule is O=C(C[C@@H]1CCOC1)NCc1ccc2c(c1)CCCC2. The molecule has 1 aromatic carbocycles. The fourth-order valence-corrected chi connectivity index (χ4v) is 3.18. The predicted molar refractivity (Wildman–Crippen MR) is 78.5 cm³/mol. The van der Waals surface area contributed by atoms with E-state index in [0.29, 0.717) is 18.9 Å². The molecule has 2 aliphatic rings. The van der Waals surface area contributed by atoms with Crippen LogP contribution in [-0.4, -0.2) is 19.1 Å². The molecule has 0 radical (unpaired) electrons. The van der Waals surface area contributed by atoms with E-state index in [0.717, 1.165) is 19.6 Å². The molecule has 3 rings (SSSR count). The van der Waals surface area contributed by atoms with Gasteiger partial charge in [0.2, 0.25) is 5.91 Å². The first-order valence-corrected chi connectivity index (χ1v) is 7.76. The number of fused-ring (bicyclic) bond motifs is 1. The molecule has 1 aromatic rings. The van der Waals surface area contributed by atoms with Crippen LogP contribution < -0.4 is 5.32 Å². The molecule has 0 saturated carbocycles. The molecule has 1 amide bonds. The molecular formula is C17H23NO2. The highest BCUT2D eigenvalue weighted by molar-refractivity contribution is 5.76. The number of hydrogen-bond donors (Lipinski definition) is 1. The van der Waals surface area contributed by atoms with Gasteiger partial charge in [0.25, 0.3) is 0 Å². The third kappa shape index (κ3) is 3.40. The van der Waals surface area contributed by atoms with E-state index >= 15 is 0 Å².